The molecular formula is C13H12FN3OS2. The lowest BCUT2D eigenvalue weighted by Gasteiger charge is -2.01. The van der Waals surface area contributed by atoms with Crippen molar-refractivity contribution in [3.05, 3.63) is 47.8 Å². The maximum Gasteiger partial charge on any atom is 0.260 e. The van der Waals surface area contributed by atoms with E-state index in [4.69, 9.17) is 0 Å². The van der Waals surface area contributed by atoms with Gasteiger partial charge in [-0.25, -0.2) is 4.39 Å². The topological polar surface area (TPSA) is 54.9 Å². The molecule has 0 radical (unpaired) electrons. The van der Waals surface area contributed by atoms with Crippen LogP contribution < -0.4 is 5.32 Å². The summed E-state index contributed by atoms with van der Waals surface area (Å²) in [5.74, 6) is -0.349. The van der Waals surface area contributed by atoms with Crippen LogP contribution in [0.3, 0.4) is 0 Å². The lowest BCUT2D eigenvalue weighted by atomic mass is 10.2. The highest BCUT2D eigenvalue weighted by atomic mass is 32.2. The van der Waals surface area contributed by atoms with Crippen LogP contribution in [-0.2, 0) is 0 Å². The van der Waals surface area contributed by atoms with Crippen LogP contribution in [0.1, 0.15) is 17.3 Å². The molecule has 2 aromatic rings. The summed E-state index contributed by atoms with van der Waals surface area (Å²) >= 11 is 2.74. The Bertz CT molecular complexity index is 642. The van der Waals surface area contributed by atoms with E-state index < -0.39 is 11.7 Å². The second kappa shape index (κ2) is 6.62. The molecule has 0 aliphatic heterocycles. The van der Waals surface area contributed by atoms with E-state index in [1.54, 1.807) is 6.07 Å². The zero-order chi connectivity index (χ0) is 14.5. The van der Waals surface area contributed by atoms with Gasteiger partial charge in [0.05, 0.1) is 5.56 Å². The van der Waals surface area contributed by atoms with Gasteiger partial charge in [-0.2, -0.15) is 0 Å². The number of nitrogens with one attached hydrogen (secondary N) is 1. The third kappa shape index (κ3) is 3.88. The first-order valence-corrected chi connectivity index (χ1v) is 7.53. The van der Waals surface area contributed by atoms with Gasteiger partial charge in [-0.15, -0.1) is 10.2 Å². The molecule has 104 valence electrons. The molecule has 0 bridgehead atoms. The van der Waals surface area contributed by atoms with E-state index in [1.165, 1.54) is 41.3 Å². The highest BCUT2D eigenvalue weighted by Gasteiger charge is 2.13. The van der Waals surface area contributed by atoms with Gasteiger partial charge < -0.3 is 0 Å². The Morgan fingerprint density at radius 1 is 1.45 bits per heavy atom. The molecule has 0 unspecified atom stereocenters. The van der Waals surface area contributed by atoms with E-state index in [2.05, 4.69) is 22.1 Å². The van der Waals surface area contributed by atoms with Crippen molar-refractivity contribution in [3.8, 4) is 0 Å². The number of thioether (sulfide) groups is 1. The average molecular weight is 309 g/mol. The summed E-state index contributed by atoms with van der Waals surface area (Å²) in [5.41, 5.74) is 1.01. The number of anilines is 1. The molecule has 4 nitrogen and oxygen atoms in total. The average Bonchev–Trinajstić information content (AvgIpc) is 2.84. The number of rotatable bonds is 5. The van der Waals surface area contributed by atoms with Crippen LogP contribution in [-0.4, -0.2) is 21.9 Å². The number of nitrogens with zero attached hydrogens (tertiary/aromatic N) is 2. The van der Waals surface area contributed by atoms with Gasteiger partial charge in [0, 0.05) is 5.75 Å². The zero-order valence-corrected chi connectivity index (χ0v) is 12.4. The fourth-order valence-corrected chi connectivity index (χ4v) is 2.90. The molecule has 0 saturated carbocycles. The van der Waals surface area contributed by atoms with Crippen LogP contribution in [0.4, 0.5) is 9.52 Å². The Hall–Kier alpha value is -1.73. The van der Waals surface area contributed by atoms with E-state index in [0.29, 0.717) is 5.13 Å². The number of carbonyl (C=O) groups is 1. The molecule has 0 aliphatic rings. The molecule has 1 amide bonds. The number of halogens is 1. The van der Waals surface area contributed by atoms with Gasteiger partial charge in [0.15, 0.2) is 4.34 Å². The summed E-state index contributed by atoms with van der Waals surface area (Å²) in [6.07, 6.45) is 0. The van der Waals surface area contributed by atoms with Crippen molar-refractivity contribution in [3.63, 3.8) is 0 Å². The summed E-state index contributed by atoms with van der Waals surface area (Å²) in [5, 5.41) is 10.7. The molecule has 0 atom stereocenters. The highest BCUT2D eigenvalue weighted by Crippen LogP contribution is 2.26. The number of amides is 1. The van der Waals surface area contributed by atoms with Crippen molar-refractivity contribution in [1.29, 1.82) is 0 Å². The summed E-state index contributed by atoms with van der Waals surface area (Å²) in [4.78, 5) is 11.9. The molecular weight excluding hydrogens is 297 g/mol. The number of carbonyl (C=O) groups excluding carboxylic acids is 1. The van der Waals surface area contributed by atoms with Crippen molar-refractivity contribution < 1.29 is 9.18 Å². The number of aromatic nitrogens is 2. The Morgan fingerprint density at radius 3 is 2.90 bits per heavy atom. The van der Waals surface area contributed by atoms with Crippen molar-refractivity contribution in [2.45, 2.75) is 11.3 Å². The molecule has 1 aromatic heterocycles. The number of benzene rings is 1. The minimum atomic E-state index is -0.564. The van der Waals surface area contributed by atoms with Gasteiger partial charge in [0.1, 0.15) is 5.82 Å². The predicted molar refractivity (Wildman–Crippen MR) is 79.8 cm³/mol. The molecule has 0 spiro atoms. The second-order valence-electron chi connectivity index (χ2n) is 4.05. The summed E-state index contributed by atoms with van der Waals surface area (Å²) in [6.45, 7) is 5.72. The van der Waals surface area contributed by atoms with Crippen molar-refractivity contribution in [2.75, 3.05) is 11.1 Å². The standard InChI is InChI=1S/C13H12FN3OS2/c1-8(2)7-19-13-17-16-12(20-13)15-11(18)9-5-3-4-6-10(9)14/h3-6H,1,7H2,2H3,(H,15,16,18). The van der Waals surface area contributed by atoms with Crippen molar-refractivity contribution >= 4 is 34.1 Å². The van der Waals surface area contributed by atoms with Crippen LogP contribution in [0.5, 0.6) is 0 Å². The fraction of sp³-hybridized carbons (Fsp3) is 0.154. The molecule has 20 heavy (non-hydrogen) atoms. The van der Waals surface area contributed by atoms with E-state index in [1.807, 2.05) is 6.92 Å². The van der Waals surface area contributed by atoms with E-state index >= 15 is 0 Å². The third-order valence-corrected chi connectivity index (χ3v) is 4.39. The monoisotopic (exact) mass is 309 g/mol. The van der Waals surface area contributed by atoms with E-state index in [0.717, 1.165) is 15.7 Å². The number of hydrogen-bond acceptors (Lipinski definition) is 5. The first kappa shape index (κ1) is 14.7. The first-order chi connectivity index (χ1) is 9.56. The van der Waals surface area contributed by atoms with Gasteiger partial charge in [0.2, 0.25) is 5.13 Å². The Balaban J connectivity index is 2.02. The van der Waals surface area contributed by atoms with Gasteiger partial charge in [-0.3, -0.25) is 10.1 Å². The SMILES string of the molecule is C=C(C)CSc1nnc(NC(=O)c2ccccc2F)s1. The van der Waals surface area contributed by atoms with Crippen LogP contribution in [0.25, 0.3) is 0 Å². The summed E-state index contributed by atoms with van der Waals surface area (Å²) in [7, 11) is 0. The van der Waals surface area contributed by atoms with Gasteiger partial charge >= 0.3 is 0 Å². The van der Waals surface area contributed by atoms with Crippen LogP contribution >= 0.6 is 23.1 Å². The van der Waals surface area contributed by atoms with Gasteiger partial charge in [-0.05, 0) is 19.1 Å². The first-order valence-electron chi connectivity index (χ1n) is 5.73. The minimum absolute atomic E-state index is 0.0150. The van der Waals surface area contributed by atoms with E-state index in [-0.39, 0.29) is 5.56 Å². The number of hydrogen-bond donors (Lipinski definition) is 1. The van der Waals surface area contributed by atoms with Crippen LogP contribution in [0, 0.1) is 5.82 Å². The van der Waals surface area contributed by atoms with Crippen molar-refractivity contribution in [2.24, 2.45) is 0 Å². The summed E-state index contributed by atoms with van der Waals surface area (Å²) < 4.78 is 14.2. The fourth-order valence-electron chi connectivity index (χ4n) is 1.31. The lowest BCUT2D eigenvalue weighted by Crippen LogP contribution is -2.13. The largest absolute Gasteiger partial charge is 0.296 e. The molecule has 1 heterocycles. The Kier molecular flexibility index (Phi) is 4.86. The Labute approximate surface area is 124 Å². The third-order valence-electron chi connectivity index (χ3n) is 2.19. The molecule has 7 heteroatoms. The van der Waals surface area contributed by atoms with Gasteiger partial charge in [-0.1, -0.05) is 47.4 Å². The normalized spacial score (nSPS) is 10.3. The lowest BCUT2D eigenvalue weighted by molar-refractivity contribution is 0.102. The molecule has 1 N–H and O–H groups in total. The maximum absolute atomic E-state index is 13.5. The van der Waals surface area contributed by atoms with Gasteiger partial charge in [0.25, 0.3) is 5.91 Å². The predicted octanol–water partition coefficient (Wildman–Crippen LogP) is 3.60. The quantitative estimate of drug-likeness (QED) is 0.521. The Morgan fingerprint density at radius 2 is 2.20 bits per heavy atom. The van der Waals surface area contributed by atoms with E-state index in [9.17, 15) is 9.18 Å². The molecule has 0 fully saturated rings. The molecule has 0 aliphatic carbocycles. The smallest absolute Gasteiger partial charge is 0.260 e. The zero-order valence-electron chi connectivity index (χ0n) is 10.7. The molecule has 1 aromatic carbocycles. The van der Waals surface area contributed by atoms with Crippen LogP contribution in [0.15, 0.2) is 40.8 Å². The van der Waals surface area contributed by atoms with Crippen LogP contribution in [0.2, 0.25) is 0 Å². The molecule has 2 rings (SSSR count). The molecule has 0 saturated heterocycles. The minimum Gasteiger partial charge on any atom is -0.296 e. The summed E-state index contributed by atoms with van der Waals surface area (Å²) in [6, 6.07) is 5.79. The second-order valence-corrected chi connectivity index (χ2v) is 6.25. The maximum atomic E-state index is 13.5. The van der Waals surface area contributed by atoms with Crippen molar-refractivity contribution in [1.82, 2.24) is 10.2 Å². The highest BCUT2D eigenvalue weighted by molar-refractivity contribution is 8.01.